The Morgan fingerprint density at radius 1 is 1.33 bits per heavy atom. The molecule has 0 saturated carbocycles. The van der Waals surface area contributed by atoms with E-state index in [1.54, 1.807) is 26.0 Å². The molecule has 3 heteroatoms. The van der Waals surface area contributed by atoms with Gasteiger partial charge < -0.3 is 9.84 Å². The number of esters is 1. The van der Waals surface area contributed by atoms with Crippen molar-refractivity contribution in [3.63, 3.8) is 0 Å². The van der Waals surface area contributed by atoms with Gasteiger partial charge in [0.1, 0.15) is 0 Å². The van der Waals surface area contributed by atoms with Gasteiger partial charge in [-0.15, -0.1) is 0 Å². The molecule has 0 aliphatic carbocycles. The molecule has 3 nitrogen and oxygen atoms in total. The molecule has 1 N–H and O–H groups in total. The van der Waals surface area contributed by atoms with Gasteiger partial charge in [-0.3, -0.25) is 4.79 Å². The molecular formula is C12H16O3. The van der Waals surface area contributed by atoms with Crippen LogP contribution in [-0.4, -0.2) is 18.2 Å². The van der Waals surface area contributed by atoms with Crippen LogP contribution in [-0.2, 0) is 9.53 Å². The predicted octanol–water partition coefficient (Wildman–Crippen LogP) is 1.92. The lowest BCUT2D eigenvalue weighted by atomic mass is 9.83. The van der Waals surface area contributed by atoms with E-state index in [2.05, 4.69) is 4.74 Å². The number of hydrogen-bond donors (Lipinski definition) is 1. The van der Waals surface area contributed by atoms with Crippen LogP contribution in [0.4, 0.5) is 0 Å². The summed E-state index contributed by atoms with van der Waals surface area (Å²) < 4.78 is 4.66. The first-order valence-corrected chi connectivity index (χ1v) is 4.81. The minimum absolute atomic E-state index is 0.418. The van der Waals surface area contributed by atoms with Gasteiger partial charge in [-0.25, -0.2) is 0 Å². The van der Waals surface area contributed by atoms with Crippen molar-refractivity contribution >= 4 is 5.97 Å². The number of carbonyl (C=O) groups is 1. The molecule has 1 aromatic rings. The minimum Gasteiger partial charge on any atom is -0.469 e. The van der Waals surface area contributed by atoms with Gasteiger partial charge in [0.2, 0.25) is 0 Å². The van der Waals surface area contributed by atoms with Gasteiger partial charge in [-0.2, -0.15) is 0 Å². The minimum atomic E-state index is -0.934. The fourth-order valence-corrected chi connectivity index (χ4v) is 1.43. The lowest BCUT2D eigenvalue weighted by Gasteiger charge is -2.27. The van der Waals surface area contributed by atoms with Crippen LogP contribution in [0.2, 0.25) is 0 Å². The van der Waals surface area contributed by atoms with Crippen LogP contribution in [0, 0.1) is 5.41 Å². The fourth-order valence-electron chi connectivity index (χ4n) is 1.43. The third-order valence-corrected chi connectivity index (χ3v) is 2.51. The number of ether oxygens (including phenoxy) is 1. The summed E-state index contributed by atoms with van der Waals surface area (Å²) in [6, 6.07) is 9.09. The maximum Gasteiger partial charge on any atom is 0.314 e. The largest absolute Gasteiger partial charge is 0.469 e. The van der Waals surface area contributed by atoms with Gasteiger partial charge >= 0.3 is 5.97 Å². The summed E-state index contributed by atoms with van der Waals surface area (Å²) in [6.07, 6.45) is -0.855. The van der Waals surface area contributed by atoms with Crippen molar-refractivity contribution in [2.45, 2.75) is 20.0 Å². The predicted molar refractivity (Wildman–Crippen MR) is 57.2 cm³/mol. The number of benzene rings is 1. The van der Waals surface area contributed by atoms with E-state index in [0.717, 1.165) is 0 Å². The van der Waals surface area contributed by atoms with E-state index in [4.69, 9.17) is 0 Å². The number of rotatable bonds is 3. The summed E-state index contributed by atoms with van der Waals surface area (Å²) in [5.41, 5.74) is -0.219. The Morgan fingerprint density at radius 3 is 2.33 bits per heavy atom. The van der Waals surface area contributed by atoms with Crippen LogP contribution >= 0.6 is 0 Å². The summed E-state index contributed by atoms with van der Waals surface area (Å²) in [7, 11) is 1.32. The number of methoxy groups -OCH3 is 1. The highest BCUT2D eigenvalue weighted by Gasteiger charge is 2.37. The van der Waals surface area contributed by atoms with Crippen molar-refractivity contribution in [3.05, 3.63) is 35.9 Å². The average Bonchev–Trinajstić information content (AvgIpc) is 2.28. The van der Waals surface area contributed by atoms with Crippen molar-refractivity contribution < 1.29 is 14.6 Å². The molecule has 0 bridgehead atoms. The molecular weight excluding hydrogens is 192 g/mol. The first-order chi connectivity index (χ1) is 7.00. The summed E-state index contributed by atoms with van der Waals surface area (Å²) >= 11 is 0. The van der Waals surface area contributed by atoms with Gasteiger partial charge in [-0.05, 0) is 19.4 Å². The molecule has 0 spiro atoms. The zero-order chi connectivity index (χ0) is 11.5. The normalized spacial score (nSPS) is 13.3. The van der Waals surface area contributed by atoms with Crippen molar-refractivity contribution in [3.8, 4) is 0 Å². The van der Waals surface area contributed by atoms with Crippen molar-refractivity contribution in [2.24, 2.45) is 5.41 Å². The lowest BCUT2D eigenvalue weighted by molar-refractivity contribution is -0.157. The van der Waals surface area contributed by atoms with Crippen molar-refractivity contribution in [2.75, 3.05) is 7.11 Å². The Bertz CT molecular complexity index is 330. The molecule has 0 fully saturated rings. The second-order valence-electron chi connectivity index (χ2n) is 4.03. The maximum atomic E-state index is 11.5. The second kappa shape index (κ2) is 4.45. The Hall–Kier alpha value is -1.35. The van der Waals surface area contributed by atoms with Crippen LogP contribution in [0.5, 0.6) is 0 Å². The van der Waals surface area contributed by atoms with Gasteiger partial charge in [-0.1, -0.05) is 30.3 Å². The number of aliphatic hydroxyl groups excluding tert-OH is 1. The first kappa shape index (κ1) is 11.7. The molecule has 0 heterocycles. The molecule has 0 aliphatic rings. The molecule has 0 amide bonds. The maximum absolute atomic E-state index is 11.5. The molecule has 0 saturated heterocycles. The average molecular weight is 208 g/mol. The fraction of sp³-hybridized carbons (Fsp3) is 0.417. The van der Waals surface area contributed by atoms with Crippen LogP contribution in [0.1, 0.15) is 25.5 Å². The molecule has 15 heavy (non-hydrogen) atoms. The topological polar surface area (TPSA) is 46.5 Å². The molecule has 82 valence electrons. The lowest BCUT2D eigenvalue weighted by Crippen LogP contribution is -2.32. The quantitative estimate of drug-likeness (QED) is 0.772. The van der Waals surface area contributed by atoms with Crippen molar-refractivity contribution in [1.82, 2.24) is 0 Å². The third kappa shape index (κ3) is 2.36. The van der Waals surface area contributed by atoms with E-state index >= 15 is 0 Å². The highest BCUT2D eigenvalue weighted by molar-refractivity contribution is 5.76. The van der Waals surface area contributed by atoms with E-state index in [0.29, 0.717) is 5.56 Å². The second-order valence-corrected chi connectivity index (χ2v) is 4.03. The van der Waals surface area contributed by atoms with Crippen LogP contribution < -0.4 is 0 Å². The third-order valence-electron chi connectivity index (χ3n) is 2.51. The van der Waals surface area contributed by atoms with Gasteiger partial charge in [0.05, 0.1) is 18.6 Å². The van der Waals surface area contributed by atoms with Gasteiger partial charge in [0, 0.05) is 0 Å². The van der Waals surface area contributed by atoms with Gasteiger partial charge in [0.15, 0.2) is 0 Å². The molecule has 0 aliphatic heterocycles. The number of hydrogen-bond acceptors (Lipinski definition) is 3. The number of carbonyl (C=O) groups excluding carboxylic acids is 1. The molecule has 0 aromatic heterocycles. The highest BCUT2D eigenvalue weighted by atomic mass is 16.5. The molecule has 1 aromatic carbocycles. The molecule has 0 unspecified atom stereocenters. The summed E-state index contributed by atoms with van der Waals surface area (Å²) in [5.74, 6) is -0.418. The monoisotopic (exact) mass is 208 g/mol. The zero-order valence-electron chi connectivity index (χ0n) is 9.23. The summed E-state index contributed by atoms with van der Waals surface area (Å²) in [4.78, 5) is 11.5. The molecule has 1 rings (SSSR count). The smallest absolute Gasteiger partial charge is 0.314 e. The summed E-state index contributed by atoms with van der Waals surface area (Å²) in [6.45, 7) is 3.33. The zero-order valence-corrected chi connectivity index (χ0v) is 9.23. The van der Waals surface area contributed by atoms with E-state index in [1.807, 2.05) is 18.2 Å². The number of aliphatic hydroxyl groups is 1. The molecule has 0 radical (unpaired) electrons. The highest BCUT2D eigenvalue weighted by Crippen LogP contribution is 2.34. The Morgan fingerprint density at radius 2 is 1.87 bits per heavy atom. The van der Waals surface area contributed by atoms with Gasteiger partial charge in [0.25, 0.3) is 0 Å². The summed E-state index contributed by atoms with van der Waals surface area (Å²) in [5, 5.41) is 10.0. The van der Waals surface area contributed by atoms with E-state index in [-0.39, 0.29) is 0 Å². The van der Waals surface area contributed by atoms with Crippen LogP contribution in [0.25, 0.3) is 0 Å². The van der Waals surface area contributed by atoms with E-state index in [9.17, 15) is 9.90 Å². The standard InChI is InChI=1S/C12H16O3/c1-12(2,11(14)15-3)10(13)9-7-5-4-6-8-9/h4-8,10,13H,1-3H3/t10-/m0/s1. The molecule has 1 atom stereocenters. The first-order valence-electron chi connectivity index (χ1n) is 4.81. The Balaban J connectivity index is 2.94. The Kier molecular flexibility index (Phi) is 3.48. The van der Waals surface area contributed by atoms with E-state index in [1.165, 1.54) is 7.11 Å². The SMILES string of the molecule is COC(=O)C(C)(C)[C@@H](O)c1ccccc1. The Labute approximate surface area is 89.7 Å². The van der Waals surface area contributed by atoms with Crippen molar-refractivity contribution in [1.29, 1.82) is 0 Å². The van der Waals surface area contributed by atoms with Crippen LogP contribution in [0.15, 0.2) is 30.3 Å². The van der Waals surface area contributed by atoms with E-state index < -0.39 is 17.5 Å². The van der Waals surface area contributed by atoms with Crippen LogP contribution in [0.3, 0.4) is 0 Å².